The first-order valence-electron chi connectivity index (χ1n) is 11.6. The number of fused-ring (bicyclic) bond motifs is 3. The fraction of sp³-hybridized carbons (Fsp3) is 0.320. The van der Waals surface area contributed by atoms with E-state index in [9.17, 15) is 8.78 Å². The van der Waals surface area contributed by atoms with Gasteiger partial charge in [-0.3, -0.25) is 0 Å². The fourth-order valence-corrected chi connectivity index (χ4v) is 5.89. The Morgan fingerprint density at radius 3 is 2.94 bits per heavy atom. The molecule has 0 aliphatic carbocycles. The summed E-state index contributed by atoms with van der Waals surface area (Å²) in [5, 5.41) is 7.70. The molecule has 0 bridgehead atoms. The maximum absolute atomic E-state index is 14.5. The molecule has 3 aromatic heterocycles. The van der Waals surface area contributed by atoms with Crippen molar-refractivity contribution in [3.8, 4) is 32.7 Å². The molecule has 180 valence electrons. The molecule has 1 unspecified atom stereocenters. The van der Waals surface area contributed by atoms with Crippen LogP contribution in [0.5, 0.6) is 5.75 Å². The van der Waals surface area contributed by atoms with Crippen LogP contribution >= 0.6 is 11.3 Å². The van der Waals surface area contributed by atoms with Crippen molar-refractivity contribution < 1.29 is 13.5 Å². The summed E-state index contributed by atoms with van der Waals surface area (Å²) in [6.07, 6.45) is 3.28. The van der Waals surface area contributed by atoms with Crippen molar-refractivity contribution in [3.05, 3.63) is 59.9 Å². The van der Waals surface area contributed by atoms with E-state index in [-0.39, 0.29) is 5.69 Å². The first kappa shape index (κ1) is 22.1. The largest absolute Gasteiger partial charge is 0.491 e. The lowest BCUT2D eigenvalue weighted by Crippen LogP contribution is -2.19. The lowest BCUT2D eigenvalue weighted by atomic mass is 10.1. The second-order valence-electron chi connectivity index (χ2n) is 9.00. The van der Waals surface area contributed by atoms with E-state index in [0.29, 0.717) is 18.3 Å². The molecular weight excluding hydrogens is 470 g/mol. The molecule has 0 saturated carbocycles. The highest BCUT2D eigenvalue weighted by Gasteiger charge is 2.24. The number of nitrogens with zero attached hydrogens (tertiary/aromatic N) is 5. The van der Waals surface area contributed by atoms with Crippen molar-refractivity contribution in [2.24, 2.45) is 5.92 Å². The van der Waals surface area contributed by atoms with Gasteiger partial charge in [0, 0.05) is 25.6 Å². The number of hydrogen-bond donors (Lipinski definition) is 1. The van der Waals surface area contributed by atoms with Gasteiger partial charge in [-0.05, 0) is 61.8 Å². The summed E-state index contributed by atoms with van der Waals surface area (Å²) in [7, 11) is 2.15. The zero-order valence-corrected chi connectivity index (χ0v) is 20.0. The summed E-state index contributed by atoms with van der Waals surface area (Å²) in [5.74, 6) is 1.34. The van der Waals surface area contributed by atoms with Gasteiger partial charge in [0.1, 0.15) is 35.1 Å². The van der Waals surface area contributed by atoms with E-state index in [1.54, 1.807) is 0 Å². The van der Waals surface area contributed by atoms with Crippen LogP contribution in [0.15, 0.2) is 42.7 Å². The molecule has 2 aliphatic rings. The Balaban J connectivity index is 1.33. The van der Waals surface area contributed by atoms with Crippen LogP contribution in [0, 0.1) is 17.6 Å². The molecule has 1 fully saturated rings. The molecule has 5 heterocycles. The summed E-state index contributed by atoms with van der Waals surface area (Å²) < 4.78 is 35.3. The molecule has 0 amide bonds. The Morgan fingerprint density at radius 2 is 2.11 bits per heavy atom. The number of pyridine rings is 1. The molecule has 6 rings (SSSR count). The Hall–Kier alpha value is -3.37. The minimum atomic E-state index is -0.695. The number of rotatable bonds is 5. The second-order valence-corrected chi connectivity index (χ2v) is 10.0. The van der Waals surface area contributed by atoms with Gasteiger partial charge in [0.25, 0.3) is 0 Å². The van der Waals surface area contributed by atoms with Crippen LogP contribution in [0.3, 0.4) is 0 Å². The Bertz CT molecular complexity index is 1390. The fourth-order valence-electron chi connectivity index (χ4n) is 4.70. The van der Waals surface area contributed by atoms with Crippen LogP contribution in [0.25, 0.3) is 27.0 Å². The van der Waals surface area contributed by atoms with Gasteiger partial charge in [-0.15, -0.1) is 11.3 Å². The van der Waals surface area contributed by atoms with Crippen LogP contribution in [0.1, 0.15) is 12.0 Å². The minimum Gasteiger partial charge on any atom is -0.491 e. The molecule has 1 N–H and O–H groups in total. The van der Waals surface area contributed by atoms with Gasteiger partial charge in [0.2, 0.25) is 0 Å². The van der Waals surface area contributed by atoms with E-state index in [1.165, 1.54) is 40.9 Å². The van der Waals surface area contributed by atoms with Gasteiger partial charge in [0.15, 0.2) is 11.6 Å². The van der Waals surface area contributed by atoms with E-state index in [4.69, 9.17) is 9.72 Å². The topological polar surface area (TPSA) is 68.1 Å². The number of hydrogen-bond acceptors (Lipinski definition) is 7. The van der Waals surface area contributed by atoms with Crippen molar-refractivity contribution in [2.45, 2.75) is 12.8 Å². The highest BCUT2D eigenvalue weighted by Crippen LogP contribution is 2.43. The molecule has 10 heteroatoms. The van der Waals surface area contributed by atoms with Crippen molar-refractivity contribution >= 4 is 17.2 Å². The van der Waals surface area contributed by atoms with E-state index < -0.39 is 11.6 Å². The normalized spacial score (nSPS) is 17.5. The summed E-state index contributed by atoms with van der Waals surface area (Å²) in [5.41, 5.74) is 2.04. The van der Waals surface area contributed by atoms with E-state index in [2.05, 4.69) is 27.3 Å². The Kier molecular flexibility index (Phi) is 5.69. The molecule has 0 spiro atoms. The number of likely N-dealkylation sites (tertiary alicyclic amines) is 1. The third-order valence-corrected chi connectivity index (χ3v) is 7.66. The smallest absolute Gasteiger partial charge is 0.173 e. The Morgan fingerprint density at radius 1 is 1.20 bits per heavy atom. The molecule has 0 radical (unpaired) electrons. The third-order valence-electron chi connectivity index (χ3n) is 6.48. The molecule has 7 nitrogen and oxygen atoms in total. The average Bonchev–Trinajstić information content (AvgIpc) is 3.56. The van der Waals surface area contributed by atoms with Crippen molar-refractivity contribution in [2.75, 3.05) is 38.6 Å². The summed E-state index contributed by atoms with van der Waals surface area (Å²) in [6.45, 7) is 3.64. The van der Waals surface area contributed by atoms with Crippen molar-refractivity contribution in [1.82, 2.24) is 24.6 Å². The number of aromatic nitrogens is 4. The lowest BCUT2D eigenvalue weighted by molar-refractivity contribution is 0.325. The maximum Gasteiger partial charge on any atom is 0.173 e. The highest BCUT2D eigenvalue weighted by molar-refractivity contribution is 7.19. The zero-order chi connectivity index (χ0) is 23.9. The van der Waals surface area contributed by atoms with Gasteiger partial charge in [-0.2, -0.15) is 5.10 Å². The van der Waals surface area contributed by atoms with Crippen LogP contribution in [0.2, 0.25) is 0 Å². The summed E-state index contributed by atoms with van der Waals surface area (Å²) >= 11 is 1.52. The maximum atomic E-state index is 14.5. The second kappa shape index (κ2) is 9.01. The number of benzene rings is 1. The van der Waals surface area contributed by atoms with Gasteiger partial charge < -0.3 is 15.0 Å². The molecule has 1 saturated heterocycles. The molecule has 4 aromatic rings. The number of thiophene rings is 1. The standard InChI is InChI=1S/C25H24F2N6OS/c1-32-8-6-15(13-32)12-28-22-5-4-20-23(31-22)24-16(7-9-34-20)10-21(35-24)25-29-14-30-33(25)19-3-2-17(26)11-18(19)27/h2-5,10-11,14-15H,6-9,12-13H2,1H3,(H,28,31). The van der Waals surface area contributed by atoms with Gasteiger partial charge in [0.05, 0.1) is 16.4 Å². The minimum absolute atomic E-state index is 0.147. The quantitative estimate of drug-likeness (QED) is 0.436. The first-order chi connectivity index (χ1) is 17.0. The number of nitrogens with one attached hydrogen (secondary N) is 1. The van der Waals surface area contributed by atoms with Crippen LogP contribution in [-0.4, -0.2) is 57.9 Å². The van der Waals surface area contributed by atoms with E-state index in [0.717, 1.165) is 64.7 Å². The number of anilines is 1. The summed E-state index contributed by atoms with van der Waals surface area (Å²) in [4.78, 5) is 13.5. The van der Waals surface area contributed by atoms with Gasteiger partial charge in [-0.25, -0.2) is 23.4 Å². The first-order valence-corrected chi connectivity index (χ1v) is 12.4. The molecular formula is C25H24F2N6OS. The molecule has 2 aliphatic heterocycles. The number of ether oxygens (including phenoxy) is 1. The third kappa shape index (κ3) is 4.28. The van der Waals surface area contributed by atoms with Gasteiger partial charge >= 0.3 is 0 Å². The van der Waals surface area contributed by atoms with Crippen LogP contribution < -0.4 is 10.1 Å². The SMILES string of the molecule is CN1CCC(CNc2ccc3c(n2)-c2sc(-c4ncnn4-c4ccc(F)cc4F)cc2CCO3)C1. The molecule has 1 aromatic carbocycles. The Labute approximate surface area is 205 Å². The van der Waals surface area contributed by atoms with E-state index >= 15 is 0 Å². The average molecular weight is 495 g/mol. The van der Waals surface area contributed by atoms with Crippen LogP contribution in [0.4, 0.5) is 14.6 Å². The highest BCUT2D eigenvalue weighted by atomic mass is 32.1. The number of halogens is 2. The lowest BCUT2D eigenvalue weighted by Gasteiger charge is -2.14. The van der Waals surface area contributed by atoms with E-state index in [1.807, 2.05) is 18.2 Å². The predicted octanol–water partition coefficient (Wildman–Crippen LogP) is 4.63. The predicted molar refractivity (Wildman–Crippen MR) is 131 cm³/mol. The monoisotopic (exact) mass is 494 g/mol. The summed E-state index contributed by atoms with van der Waals surface area (Å²) in [6, 6.07) is 9.40. The van der Waals surface area contributed by atoms with Gasteiger partial charge in [-0.1, -0.05) is 0 Å². The zero-order valence-electron chi connectivity index (χ0n) is 19.2. The van der Waals surface area contributed by atoms with Crippen molar-refractivity contribution in [3.63, 3.8) is 0 Å². The molecule has 1 atom stereocenters. The van der Waals surface area contributed by atoms with Crippen molar-refractivity contribution in [1.29, 1.82) is 0 Å². The van der Waals surface area contributed by atoms with Crippen LogP contribution in [-0.2, 0) is 6.42 Å². The molecule has 35 heavy (non-hydrogen) atoms.